The molecular formula is C14H17N5O2. The third-order valence-corrected chi connectivity index (χ3v) is 3.24. The lowest BCUT2D eigenvalue weighted by molar-refractivity contribution is 0.174. The van der Waals surface area contributed by atoms with Gasteiger partial charge in [-0.05, 0) is 26.0 Å². The van der Waals surface area contributed by atoms with Crippen molar-refractivity contribution in [2.75, 3.05) is 30.1 Å². The van der Waals surface area contributed by atoms with Gasteiger partial charge in [0.15, 0.2) is 17.3 Å². The number of ether oxygens (including phenoxy) is 2. The van der Waals surface area contributed by atoms with Crippen LogP contribution in [0, 0.1) is 0 Å². The molecule has 2 heterocycles. The zero-order valence-electron chi connectivity index (χ0n) is 12.0. The molecule has 0 saturated heterocycles. The van der Waals surface area contributed by atoms with Crippen molar-refractivity contribution in [3.8, 4) is 11.5 Å². The monoisotopic (exact) mass is 287 g/mol. The second kappa shape index (κ2) is 5.82. The van der Waals surface area contributed by atoms with E-state index in [0.717, 1.165) is 30.3 Å². The standard InChI is InChI=1S/C14H17N5O2/c1-3-19(4-2)14-17-13(8-15-18-14)16-10-5-6-11-12(7-10)21-9-20-11/h5-8H,3-4,9H2,1-2H3,(H,16,17,18). The first kappa shape index (κ1) is 13.4. The molecule has 1 aromatic heterocycles. The van der Waals surface area contributed by atoms with E-state index in [0.29, 0.717) is 11.8 Å². The van der Waals surface area contributed by atoms with Crippen molar-refractivity contribution in [1.29, 1.82) is 0 Å². The maximum Gasteiger partial charge on any atom is 0.247 e. The van der Waals surface area contributed by atoms with Gasteiger partial charge in [-0.25, -0.2) is 0 Å². The van der Waals surface area contributed by atoms with Crippen molar-refractivity contribution >= 4 is 17.5 Å². The molecular weight excluding hydrogens is 270 g/mol. The van der Waals surface area contributed by atoms with E-state index in [9.17, 15) is 0 Å². The Balaban J connectivity index is 1.80. The van der Waals surface area contributed by atoms with E-state index in [1.54, 1.807) is 6.20 Å². The summed E-state index contributed by atoms with van der Waals surface area (Å²) in [5.74, 6) is 2.74. The van der Waals surface area contributed by atoms with E-state index in [1.807, 2.05) is 23.1 Å². The van der Waals surface area contributed by atoms with Crippen LogP contribution < -0.4 is 19.7 Å². The predicted molar refractivity (Wildman–Crippen MR) is 79.2 cm³/mol. The third-order valence-electron chi connectivity index (χ3n) is 3.24. The van der Waals surface area contributed by atoms with Crippen molar-refractivity contribution in [2.45, 2.75) is 13.8 Å². The molecule has 3 rings (SSSR count). The van der Waals surface area contributed by atoms with Crippen molar-refractivity contribution in [1.82, 2.24) is 15.2 Å². The SMILES string of the molecule is CCN(CC)c1nncc(Nc2ccc3c(c2)OCO3)n1. The van der Waals surface area contributed by atoms with Crippen LogP contribution in [0.4, 0.5) is 17.5 Å². The van der Waals surface area contributed by atoms with E-state index in [4.69, 9.17) is 9.47 Å². The Bertz CT molecular complexity index is 631. The summed E-state index contributed by atoms with van der Waals surface area (Å²) in [6.45, 7) is 6.06. The average molecular weight is 287 g/mol. The second-order valence-electron chi connectivity index (χ2n) is 4.51. The quantitative estimate of drug-likeness (QED) is 0.903. The molecule has 0 aliphatic carbocycles. The van der Waals surface area contributed by atoms with Crippen LogP contribution >= 0.6 is 0 Å². The highest BCUT2D eigenvalue weighted by molar-refractivity contribution is 5.61. The lowest BCUT2D eigenvalue weighted by Gasteiger charge is -2.18. The fraction of sp³-hybridized carbons (Fsp3) is 0.357. The summed E-state index contributed by atoms with van der Waals surface area (Å²) in [5, 5.41) is 11.3. The van der Waals surface area contributed by atoms with Gasteiger partial charge in [0.2, 0.25) is 12.7 Å². The Hall–Kier alpha value is -2.57. The lowest BCUT2D eigenvalue weighted by atomic mass is 10.3. The Kier molecular flexibility index (Phi) is 3.72. The molecule has 0 radical (unpaired) electrons. The smallest absolute Gasteiger partial charge is 0.247 e. The Morgan fingerprint density at radius 1 is 1.19 bits per heavy atom. The second-order valence-corrected chi connectivity index (χ2v) is 4.51. The number of hydrogen-bond acceptors (Lipinski definition) is 7. The maximum absolute atomic E-state index is 5.35. The Labute approximate surface area is 122 Å². The van der Waals surface area contributed by atoms with Crippen molar-refractivity contribution in [3.05, 3.63) is 24.4 Å². The fourth-order valence-corrected chi connectivity index (χ4v) is 2.12. The maximum atomic E-state index is 5.35. The van der Waals surface area contributed by atoms with Gasteiger partial charge in [-0.1, -0.05) is 0 Å². The van der Waals surface area contributed by atoms with Gasteiger partial charge in [-0.3, -0.25) is 0 Å². The largest absolute Gasteiger partial charge is 0.454 e. The van der Waals surface area contributed by atoms with E-state index in [1.165, 1.54) is 0 Å². The van der Waals surface area contributed by atoms with Gasteiger partial charge >= 0.3 is 0 Å². The first-order valence-electron chi connectivity index (χ1n) is 6.91. The van der Waals surface area contributed by atoms with E-state index < -0.39 is 0 Å². The number of nitrogens with one attached hydrogen (secondary N) is 1. The molecule has 1 aromatic carbocycles. The van der Waals surface area contributed by atoms with Crippen LogP contribution in [0.2, 0.25) is 0 Å². The van der Waals surface area contributed by atoms with Gasteiger partial charge in [0.05, 0.1) is 6.20 Å². The third kappa shape index (κ3) is 2.81. The molecule has 1 aliphatic rings. The van der Waals surface area contributed by atoms with E-state index in [2.05, 4.69) is 34.3 Å². The minimum absolute atomic E-state index is 0.264. The van der Waals surface area contributed by atoms with Gasteiger partial charge in [0.1, 0.15) is 0 Å². The highest BCUT2D eigenvalue weighted by Gasteiger charge is 2.14. The molecule has 2 aromatic rings. The molecule has 1 aliphatic heterocycles. The number of nitrogens with zero attached hydrogens (tertiary/aromatic N) is 4. The van der Waals surface area contributed by atoms with Gasteiger partial charge < -0.3 is 19.7 Å². The van der Waals surface area contributed by atoms with Crippen LogP contribution in [-0.2, 0) is 0 Å². The Morgan fingerprint density at radius 2 is 2.00 bits per heavy atom. The van der Waals surface area contributed by atoms with E-state index in [-0.39, 0.29) is 6.79 Å². The molecule has 0 bridgehead atoms. The van der Waals surface area contributed by atoms with Gasteiger partial charge in [-0.15, -0.1) is 5.10 Å². The van der Waals surface area contributed by atoms with Crippen LogP contribution in [0.15, 0.2) is 24.4 Å². The number of aromatic nitrogens is 3. The fourth-order valence-electron chi connectivity index (χ4n) is 2.12. The van der Waals surface area contributed by atoms with Gasteiger partial charge in [0.25, 0.3) is 0 Å². The molecule has 0 saturated carbocycles. The summed E-state index contributed by atoms with van der Waals surface area (Å²) < 4.78 is 10.6. The van der Waals surface area contributed by atoms with Crippen LogP contribution in [0.25, 0.3) is 0 Å². The number of anilines is 3. The zero-order chi connectivity index (χ0) is 14.7. The van der Waals surface area contributed by atoms with Gasteiger partial charge in [-0.2, -0.15) is 10.1 Å². The number of fused-ring (bicyclic) bond motifs is 1. The average Bonchev–Trinajstić information content (AvgIpc) is 2.96. The summed E-state index contributed by atoms with van der Waals surface area (Å²) in [4.78, 5) is 6.51. The van der Waals surface area contributed by atoms with Crippen molar-refractivity contribution in [3.63, 3.8) is 0 Å². The molecule has 0 fully saturated rings. The first-order chi connectivity index (χ1) is 10.3. The molecule has 1 N–H and O–H groups in total. The van der Waals surface area contributed by atoms with Crippen molar-refractivity contribution in [2.24, 2.45) is 0 Å². The van der Waals surface area contributed by atoms with Crippen molar-refractivity contribution < 1.29 is 9.47 Å². The molecule has 0 atom stereocenters. The number of hydrogen-bond donors (Lipinski definition) is 1. The summed E-state index contributed by atoms with van der Waals surface area (Å²) >= 11 is 0. The van der Waals surface area contributed by atoms with E-state index >= 15 is 0 Å². The molecule has 0 amide bonds. The Morgan fingerprint density at radius 3 is 2.81 bits per heavy atom. The van der Waals surface area contributed by atoms with Gasteiger partial charge in [0, 0.05) is 24.8 Å². The summed E-state index contributed by atoms with van der Waals surface area (Å²) in [6.07, 6.45) is 1.59. The molecule has 7 heteroatoms. The topological polar surface area (TPSA) is 72.4 Å². The minimum atomic E-state index is 0.264. The summed E-state index contributed by atoms with van der Waals surface area (Å²) in [7, 11) is 0. The van der Waals surface area contributed by atoms with Crippen LogP contribution in [0.1, 0.15) is 13.8 Å². The molecule has 0 spiro atoms. The predicted octanol–water partition coefficient (Wildman–Crippen LogP) is 2.19. The molecule has 0 unspecified atom stereocenters. The molecule has 7 nitrogen and oxygen atoms in total. The highest BCUT2D eigenvalue weighted by Crippen LogP contribution is 2.34. The van der Waals surface area contributed by atoms with Crippen LogP contribution in [0.5, 0.6) is 11.5 Å². The minimum Gasteiger partial charge on any atom is -0.454 e. The molecule has 110 valence electrons. The summed E-state index contributed by atoms with van der Waals surface area (Å²) in [5.41, 5.74) is 0.866. The highest BCUT2D eigenvalue weighted by atomic mass is 16.7. The van der Waals surface area contributed by atoms with Crippen LogP contribution in [-0.4, -0.2) is 35.1 Å². The zero-order valence-corrected chi connectivity index (χ0v) is 12.0. The number of rotatable bonds is 5. The number of benzene rings is 1. The first-order valence-corrected chi connectivity index (χ1v) is 6.91. The summed E-state index contributed by atoms with van der Waals surface area (Å²) in [6, 6.07) is 5.65. The lowest BCUT2D eigenvalue weighted by Crippen LogP contribution is -2.24. The molecule has 21 heavy (non-hydrogen) atoms. The van der Waals surface area contributed by atoms with Crippen LogP contribution in [0.3, 0.4) is 0 Å². The normalized spacial score (nSPS) is 12.3.